The number of rotatable bonds is 7. The molecule has 7 rings (SSSR count). The summed E-state index contributed by atoms with van der Waals surface area (Å²) >= 11 is 0. The summed E-state index contributed by atoms with van der Waals surface area (Å²) in [5.74, 6) is 2.04. The fraction of sp³-hybridized carbons (Fsp3) is 0.217. The van der Waals surface area contributed by atoms with Gasteiger partial charge in [0.05, 0.1) is 0 Å². The third-order valence-corrected chi connectivity index (χ3v) is 9.40. The van der Waals surface area contributed by atoms with E-state index in [1.165, 1.54) is 16.7 Å². The van der Waals surface area contributed by atoms with Crippen molar-refractivity contribution in [1.82, 2.24) is 4.98 Å². The van der Waals surface area contributed by atoms with E-state index in [1.54, 1.807) is 0 Å². The predicted molar refractivity (Wildman–Crippen MR) is 211 cm³/mol. The molecule has 0 bridgehead atoms. The maximum Gasteiger partial charge on any atom is 0.135 e. The molecule has 268 valence electrons. The summed E-state index contributed by atoms with van der Waals surface area (Å²) in [5.41, 5.74) is 10.8. The number of benzene rings is 5. The van der Waals surface area contributed by atoms with E-state index < -0.39 is 0 Å². The number of anilines is 7. The average molecular weight is 865 g/mol. The summed E-state index contributed by atoms with van der Waals surface area (Å²) < 4.78 is 6.68. The van der Waals surface area contributed by atoms with E-state index in [9.17, 15) is 0 Å². The van der Waals surface area contributed by atoms with Crippen molar-refractivity contribution in [1.29, 1.82) is 0 Å². The van der Waals surface area contributed by atoms with Gasteiger partial charge in [-0.1, -0.05) is 83.6 Å². The van der Waals surface area contributed by atoms with Gasteiger partial charge in [0.2, 0.25) is 0 Å². The molecule has 0 saturated heterocycles. The Hall–Kier alpha value is -4.86. The summed E-state index contributed by atoms with van der Waals surface area (Å²) in [6, 6.07) is 47.1. The Morgan fingerprint density at radius 3 is 1.92 bits per heavy atom. The van der Waals surface area contributed by atoms with E-state index in [0.717, 1.165) is 45.5 Å². The van der Waals surface area contributed by atoms with Gasteiger partial charge < -0.3 is 19.4 Å². The van der Waals surface area contributed by atoms with Crippen LogP contribution in [-0.4, -0.2) is 4.98 Å². The molecule has 1 aliphatic heterocycles. The molecule has 0 spiro atoms. The predicted octanol–water partition coefficient (Wildman–Crippen LogP) is 12.6. The Bertz CT molecular complexity index is 2170. The van der Waals surface area contributed by atoms with Gasteiger partial charge in [0.15, 0.2) is 0 Å². The first-order valence-electron chi connectivity index (χ1n) is 17.5. The zero-order chi connectivity index (χ0) is 35.9. The maximum absolute atomic E-state index is 6.68. The minimum atomic E-state index is -0.133. The van der Waals surface area contributed by atoms with Crippen molar-refractivity contribution in [2.24, 2.45) is 0 Å². The molecule has 0 atom stereocenters. The van der Waals surface area contributed by atoms with Crippen molar-refractivity contribution in [2.75, 3.05) is 14.7 Å². The molecule has 6 heteroatoms. The van der Waals surface area contributed by atoms with Crippen molar-refractivity contribution in [2.45, 2.75) is 66.2 Å². The maximum atomic E-state index is 6.68. The Kier molecular flexibility index (Phi) is 10.4. The fourth-order valence-electron chi connectivity index (χ4n) is 6.27. The minimum Gasteiger partial charge on any atom is -0.509 e. The molecular weight excluding hydrogens is 820 g/mol. The van der Waals surface area contributed by atoms with E-state index in [2.05, 4.69) is 162 Å². The van der Waals surface area contributed by atoms with E-state index in [0.29, 0.717) is 11.5 Å². The summed E-state index contributed by atoms with van der Waals surface area (Å²) in [6.07, 6.45) is 1.88. The molecule has 2 heterocycles. The first-order valence-corrected chi connectivity index (χ1v) is 17.5. The molecule has 52 heavy (non-hydrogen) atoms. The van der Waals surface area contributed by atoms with Crippen molar-refractivity contribution in [3.8, 4) is 11.5 Å². The number of pyridine rings is 1. The SMILES string of the molecule is Cc1cc2c(cc1C)N(c1ccccc1)[CH-]N2c1[c-]c(Oc2[c-]c(N(c3ccccc3)c3cc(C(C)(C)C)ccn3)ccc2)cc(C(C)(C)C)c1.[Pt]. The summed E-state index contributed by atoms with van der Waals surface area (Å²) in [7, 11) is 0. The van der Waals surface area contributed by atoms with Crippen molar-refractivity contribution >= 4 is 39.9 Å². The fourth-order valence-corrected chi connectivity index (χ4v) is 6.27. The van der Waals surface area contributed by atoms with Gasteiger partial charge in [0.1, 0.15) is 5.82 Å². The Morgan fingerprint density at radius 1 is 0.635 bits per heavy atom. The first-order chi connectivity index (χ1) is 24.3. The molecule has 0 N–H and O–H groups in total. The quantitative estimate of drug-likeness (QED) is 0.149. The van der Waals surface area contributed by atoms with Crippen LogP contribution in [0.2, 0.25) is 0 Å². The molecule has 0 aliphatic carbocycles. The molecule has 0 unspecified atom stereocenters. The minimum absolute atomic E-state index is 0. The van der Waals surface area contributed by atoms with Crippen LogP contribution in [0.5, 0.6) is 11.5 Å². The van der Waals surface area contributed by atoms with Crippen LogP contribution in [0, 0.1) is 32.6 Å². The number of aryl methyl sites for hydroxylation is 2. The molecule has 0 amide bonds. The number of hydrogen-bond acceptors (Lipinski definition) is 5. The molecule has 1 aromatic heterocycles. The van der Waals surface area contributed by atoms with E-state index >= 15 is 0 Å². The molecule has 0 fully saturated rings. The molecule has 6 aromatic rings. The molecule has 0 saturated carbocycles. The topological polar surface area (TPSA) is 31.8 Å². The number of hydrogen-bond donors (Lipinski definition) is 0. The zero-order valence-electron chi connectivity index (χ0n) is 31.1. The molecule has 5 nitrogen and oxygen atoms in total. The van der Waals surface area contributed by atoms with Gasteiger partial charge in [0.25, 0.3) is 0 Å². The monoisotopic (exact) mass is 864 g/mol. The third kappa shape index (κ3) is 7.66. The van der Waals surface area contributed by atoms with Gasteiger partial charge in [-0.05, 0) is 89.9 Å². The van der Waals surface area contributed by atoms with Gasteiger partial charge in [-0.25, -0.2) is 4.98 Å². The molecule has 5 aromatic carbocycles. The summed E-state index contributed by atoms with van der Waals surface area (Å²) in [4.78, 5) is 11.4. The van der Waals surface area contributed by atoms with Crippen molar-refractivity contribution in [3.05, 3.63) is 163 Å². The number of fused-ring (bicyclic) bond motifs is 1. The Morgan fingerprint density at radius 2 is 1.27 bits per heavy atom. The van der Waals surface area contributed by atoms with Crippen LogP contribution in [-0.2, 0) is 31.9 Å². The van der Waals surface area contributed by atoms with Crippen LogP contribution < -0.4 is 19.4 Å². The van der Waals surface area contributed by atoms with E-state index in [4.69, 9.17) is 9.72 Å². The van der Waals surface area contributed by atoms with Crippen LogP contribution in [0.1, 0.15) is 63.8 Å². The number of ether oxygens (including phenoxy) is 1. The first kappa shape index (κ1) is 36.9. The van der Waals surface area contributed by atoms with E-state index in [-0.39, 0.29) is 31.9 Å². The number of aromatic nitrogens is 1. The summed E-state index contributed by atoms with van der Waals surface area (Å²) in [6.45, 7) is 19.8. The van der Waals surface area contributed by atoms with Gasteiger partial charge >= 0.3 is 0 Å². The smallest absolute Gasteiger partial charge is 0.135 e. The van der Waals surface area contributed by atoms with E-state index in [1.807, 2.05) is 48.7 Å². The van der Waals surface area contributed by atoms with Crippen LogP contribution in [0.25, 0.3) is 0 Å². The van der Waals surface area contributed by atoms with Crippen LogP contribution in [0.3, 0.4) is 0 Å². The van der Waals surface area contributed by atoms with Gasteiger partial charge in [-0.2, -0.15) is 6.07 Å². The third-order valence-electron chi connectivity index (χ3n) is 9.40. The average Bonchev–Trinajstić information content (AvgIpc) is 3.47. The largest absolute Gasteiger partial charge is 0.509 e. The second kappa shape index (κ2) is 14.6. The van der Waals surface area contributed by atoms with Gasteiger partial charge in [-0.3, -0.25) is 0 Å². The van der Waals surface area contributed by atoms with Gasteiger partial charge in [0, 0.05) is 61.5 Å². The molecular formula is C46H45N4OPt-3. The number of nitrogens with zero attached hydrogens (tertiary/aromatic N) is 4. The zero-order valence-corrected chi connectivity index (χ0v) is 33.4. The standard InChI is InChI=1S/C46H45N4O.Pt/c1-32-24-42-43(25-33(32)2)49(31-48(42)36-16-11-9-12-17-36)39-26-35(46(6,7)8)27-41(30-39)51-40-21-15-20-38(29-40)50(37-18-13-10-14-19-37)44-28-34(22-23-47-44)45(3,4)5;/h9-28,31H,1-8H3;/q-3;. The number of para-hydroxylation sites is 2. The van der Waals surface area contributed by atoms with Crippen molar-refractivity contribution < 1.29 is 25.8 Å². The van der Waals surface area contributed by atoms with Crippen LogP contribution >= 0.6 is 0 Å². The normalized spacial score (nSPS) is 12.7. The molecule has 0 radical (unpaired) electrons. The van der Waals surface area contributed by atoms with Crippen LogP contribution in [0.4, 0.5) is 39.9 Å². The van der Waals surface area contributed by atoms with Gasteiger partial charge in [-0.15, -0.1) is 54.3 Å². The second-order valence-electron chi connectivity index (χ2n) is 15.3. The second-order valence-corrected chi connectivity index (χ2v) is 15.3. The van der Waals surface area contributed by atoms with Crippen LogP contribution in [0.15, 0.2) is 121 Å². The van der Waals surface area contributed by atoms with Crippen molar-refractivity contribution in [3.63, 3.8) is 0 Å². The Balaban J connectivity index is 0.00000464. The Labute approximate surface area is 324 Å². The molecule has 1 aliphatic rings. The summed E-state index contributed by atoms with van der Waals surface area (Å²) in [5, 5.41) is 0.